The SMILES string of the molecule is O=C1CCCN1CCCNc1nc(-c2cccs2)nc2c1ncn2-c1ccsc1. The number of anilines is 1. The van der Waals surface area contributed by atoms with E-state index in [1.807, 2.05) is 32.4 Å². The standard InChI is InChI=1S/C20H20N6OS2/c27-16-5-1-8-25(16)9-3-7-21-19-17-20(24-18(23-19)15-4-2-10-29-15)26(13-22-17)14-6-11-28-12-14/h2,4,6,10-13H,1,3,5,7-9H2,(H,21,23,24). The van der Waals surface area contributed by atoms with Crippen LogP contribution in [0.4, 0.5) is 5.82 Å². The second kappa shape index (κ2) is 7.92. The molecule has 1 aliphatic rings. The summed E-state index contributed by atoms with van der Waals surface area (Å²) in [6.45, 7) is 2.39. The lowest BCUT2D eigenvalue weighted by Crippen LogP contribution is -2.27. The number of hydrogen-bond donors (Lipinski definition) is 1. The lowest BCUT2D eigenvalue weighted by molar-refractivity contribution is -0.127. The van der Waals surface area contributed by atoms with Gasteiger partial charge in [-0.1, -0.05) is 6.07 Å². The van der Waals surface area contributed by atoms with Gasteiger partial charge in [0, 0.05) is 31.4 Å². The predicted octanol–water partition coefficient (Wildman–Crippen LogP) is 4.03. The van der Waals surface area contributed by atoms with Crippen LogP contribution >= 0.6 is 22.7 Å². The zero-order valence-electron chi connectivity index (χ0n) is 15.7. The Kier molecular flexibility index (Phi) is 4.99. The highest BCUT2D eigenvalue weighted by molar-refractivity contribution is 7.13. The minimum Gasteiger partial charge on any atom is -0.368 e. The number of carbonyl (C=O) groups is 1. The third kappa shape index (κ3) is 3.63. The van der Waals surface area contributed by atoms with Crippen molar-refractivity contribution in [3.05, 3.63) is 40.7 Å². The second-order valence-corrected chi connectivity index (χ2v) is 8.63. The van der Waals surface area contributed by atoms with Crippen LogP contribution < -0.4 is 5.32 Å². The van der Waals surface area contributed by atoms with Crippen LogP contribution in [0.25, 0.3) is 27.6 Å². The summed E-state index contributed by atoms with van der Waals surface area (Å²) in [6.07, 6.45) is 4.33. The minimum absolute atomic E-state index is 0.268. The average Bonchev–Trinajstić information content (AvgIpc) is 3.52. The van der Waals surface area contributed by atoms with E-state index in [0.717, 1.165) is 60.0 Å². The summed E-state index contributed by atoms with van der Waals surface area (Å²) in [5, 5.41) is 9.58. The number of nitrogens with one attached hydrogen (secondary N) is 1. The van der Waals surface area contributed by atoms with E-state index in [9.17, 15) is 4.79 Å². The fraction of sp³-hybridized carbons (Fsp3) is 0.300. The van der Waals surface area contributed by atoms with Gasteiger partial charge in [0.1, 0.15) is 6.33 Å². The molecule has 5 rings (SSSR count). The highest BCUT2D eigenvalue weighted by Crippen LogP contribution is 2.28. The van der Waals surface area contributed by atoms with Crippen molar-refractivity contribution in [1.29, 1.82) is 0 Å². The van der Waals surface area contributed by atoms with E-state index in [1.165, 1.54) is 0 Å². The first-order chi connectivity index (χ1) is 14.3. The van der Waals surface area contributed by atoms with Crippen molar-refractivity contribution in [2.24, 2.45) is 0 Å². The molecule has 0 unspecified atom stereocenters. The van der Waals surface area contributed by atoms with Crippen LogP contribution in [0, 0.1) is 0 Å². The fourth-order valence-electron chi connectivity index (χ4n) is 3.54. The third-order valence-corrected chi connectivity index (χ3v) is 6.53. The molecule has 1 saturated heterocycles. The molecule has 0 saturated carbocycles. The molecule has 1 amide bonds. The lowest BCUT2D eigenvalue weighted by Gasteiger charge is -2.15. The molecule has 7 nitrogen and oxygen atoms in total. The number of aromatic nitrogens is 4. The summed E-state index contributed by atoms with van der Waals surface area (Å²) in [4.78, 5) is 28.9. The van der Waals surface area contributed by atoms with Gasteiger partial charge in [0.15, 0.2) is 22.8 Å². The van der Waals surface area contributed by atoms with E-state index < -0.39 is 0 Å². The summed E-state index contributed by atoms with van der Waals surface area (Å²) >= 11 is 3.26. The largest absolute Gasteiger partial charge is 0.368 e. The van der Waals surface area contributed by atoms with Gasteiger partial charge in [-0.3, -0.25) is 9.36 Å². The summed E-state index contributed by atoms with van der Waals surface area (Å²) in [6, 6.07) is 6.09. The first kappa shape index (κ1) is 18.3. The average molecular weight is 425 g/mol. The number of imidazole rings is 1. The summed E-state index contributed by atoms with van der Waals surface area (Å²) < 4.78 is 2.00. The van der Waals surface area contributed by atoms with Crippen molar-refractivity contribution >= 4 is 45.6 Å². The lowest BCUT2D eigenvalue weighted by atomic mass is 10.3. The molecule has 0 aromatic carbocycles. The minimum atomic E-state index is 0.268. The number of likely N-dealkylation sites (tertiary alicyclic amines) is 1. The van der Waals surface area contributed by atoms with Crippen LogP contribution in [0.1, 0.15) is 19.3 Å². The Labute approximate surface area is 176 Å². The summed E-state index contributed by atoms with van der Waals surface area (Å²) in [5.74, 6) is 1.70. The molecule has 0 bridgehead atoms. The first-order valence-corrected chi connectivity index (χ1v) is 11.4. The number of amides is 1. The molecule has 1 fully saturated rings. The zero-order chi connectivity index (χ0) is 19.6. The van der Waals surface area contributed by atoms with Crippen molar-refractivity contribution < 1.29 is 4.79 Å². The monoisotopic (exact) mass is 424 g/mol. The molecule has 0 radical (unpaired) electrons. The van der Waals surface area contributed by atoms with Gasteiger partial charge in [0.25, 0.3) is 0 Å². The normalized spacial score (nSPS) is 14.2. The molecule has 1 aliphatic heterocycles. The van der Waals surface area contributed by atoms with Crippen molar-refractivity contribution in [3.8, 4) is 16.4 Å². The Morgan fingerprint density at radius 1 is 1.21 bits per heavy atom. The highest BCUT2D eigenvalue weighted by atomic mass is 32.1. The second-order valence-electron chi connectivity index (χ2n) is 6.91. The maximum atomic E-state index is 11.8. The number of carbonyl (C=O) groups excluding carboxylic acids is 1. The number of hydrogen-bond acceptors (Lipinski definition) is 7. The molecular weight excluding hydrogens is 404 g/mol. The van der Waals surface area contributed by atoms with Crippen molar-refractivity contribution in [2.75, 3.05) is 25.0 Å². The Morgan fingerprint density at radius 3 is 2.93 bits per heavy atom. The Morgan fingerprint density at radius 2 is 2.17 bits per heavy atom. The maximum absolute atomic E-state index is 11.8. The molecular formula is C20H20N6OS2. The van der Waals surface area contributed by atoms with Gasteiger partial charge < -0.3 is 10.2 Å². The molecule has 0 aliphatic carbocycles. The molecule has 5 heterocycles. The van der Waals surface area contributed by atoms with E-state index in [-0.39, 0.29) is 5.91 Å². The van der Waals surface area contributed by atoms with Gasteiger partial charge in [-0.05, 0) is 35.7 Å². The van der Waals surface area contributed by atoms with Crippen LogP contribution in [-0.4, -0.2) is 50.0 Å². The fourth-order valence-corrected chi connectivity index (χ4v) is 4.83. The zero-order valence-corrected chi connectivity index (χ0v) is 17.4. The van der Waals surface area contributed by atoms with Gasteiger partial charge in [-0.15, -0.1) is 11.3 Å². The quantitative estimate of drug-likeness (QED) is 0.453. The van der Waals surface area contributed by atoms with E-state index in [0.29, 0.717) is 12.2 Å². The van der Waals surface area contributed by atoms with E-state index in [2.05, 4.69) is 21.7 Å². The van der Waals surface area contributed by atoms with Gasteiger partial charge in [0.2, 0.25) is 5.91 Å². The molecule has 0 atom stereocenters. The molecule has 9 heteroatoms. The van der Waals surface area contributed by atoms with Crippen molar-refractivity contribution in [2.45, 2.75) is 19.3 Å². The van der Waals surface area contributed by atoms with Gasteiger partial charge in [-0.25, -0.2) is 15.0 Å². The van der Waals surface area contributed by atoms with Crippen LogP contribution in [0.15, 0.2) is 40.7 Å². The smallest absolute Gasteiger partial charge is 0.222 e. The highest BCUT2D eigenvalue weighted by Gasteiger charge is 2.19. The number of fused-ring (bicyclic) bond motifs is 1. The first-order valence-electron chi connectivity index (χ1n) is 9.63. The van der Waals surface area contributed by atoms with E-state index in [1.54, 1.807) is 29.0 Å². The molecule has 148 valence electrons. The molecule has 4 aromatic rings. The van der Waals surface area contributed by atoms with Gasteiger partial charge in [0.05, 0.1) is 10.6 Å². The van der Waals surface area contributed by atoms with E-state index in [4.69, 9.17) is 9.97 Å². The van der Waals surface area contributed by atoms with Crippen LogP contribution in [-0.2, 0) is 4.79 Å². The van der Waals surface area contributed by atoms with E-state index >= 15 is 0 Å². The van der Waals surface area contributed by atoms with Gasteiger partial charge in [-0.2, -0.15) is 11.3 Å². The molecule has 4 aromatic heterocycles. The van der Waals surface area contributed by atoms with Gasteiger partial charge >= 0.3 is 0 Å². The van der Waals surface area contributed by atoms with Crippen LogP contribution in [0.3, 0.4) is 0 Å². The molecule has 29 heavy (non-hydrogen) atoms. The predicted molar refractivity (Wildman–Crippen MR) is 117 cm³/mol. The Balaban J connectivity index is 1.43. The summed E-state index contributed by atoms with van der Waals surface area (Å²) in [7, 11) is 0. The Bertz CT molecular complexity index is 1120. The number of nitrogens with zero attached hydrogens (tertiary/aromatic N) is 5. The summed E-state index contributed by atoms with van der Waals surface area (Å²) in [5.41, 5.74) is 2.60. The van der Waals surface area contributed by atoms with Crippen molar-refractivity contribution in [3.63, 3.8) is 0 Å². The molecule has 1 N–H and O–H groups in total. The van der Waals surface area contributed by atoms with Crippen LogP contribution in [0.5, 0.6) is 0 Å². The maximum Gasteiger partial charge on any atom is 0.222 e. The third-order valence-electron chi connectivity index (χ3n) is 4.99. The topological polar surface area (TPSA) is 75.9 Å². The van der Waals surface area contributed by atoms with Crippen LogP contribution in [0.2, 0.25) is 0 Å². The number of rotatable bonds is 7. The Hall–Kier alpha value is -2.78. The number of thiophene rings is 2. The van der Waals surface area contributed by atoms with Crippen molar-refractivity contribution in [1.82, 2.24) is 24.4 Å². The molecule has 0 spiro atoms.